The van der Waals surface area contributed by atoms with Crippen molar-refractivity contribution in [3.05, 3.63) is 72.9 Å². The summed E-state index contributed by atoms with van der Waals surface area (Å²) in [6, 6.07) is 0.963. The van der Waals surface area contributed by atoms with Gasteiger partial charge in [0.1, 0.15) is 0 Å². The average Bonchev–Trinajstić information content (AvgIpc) is 3.47. The molecule has 44 heavy (non-hydrogen) atoms. The molecule has 1 saturated carbocycles. The Morgan fingerprint density at radius 2 is 0.955 bits per heavy atom. The first kappa shape index (κ1) is 39.9. The maximum atomic E-state index is 12.4. The Balaban J connectivity index is 1.87. The van der Waals surface area contributed by atoms with Gasteiger partial charge in [0.15, 0.2) is 0 Å². The summed E-state index contributed by atoms with van der Waals surface area (Å²) in [5.41, 5.74) is 0. The third-order valence-electron chi connectivity index (χ3n) is 8.36. The predicted octanol–water partition coefficient (Wildman–Crippen LogP) is 11.8. The minimum absolute atomic E-state index is 0.264. The summed E-state index contributed by atoms with van der Waals surface area (Å²) in [4.78, 5) is 12.4. The quantitative estimate of drug-likeness (QED) is 0.0657. The molecule has 1 fully saturated rings. The second-order valence-electron chi connectivity index (χ2n) is 12.5. The van der Waals surface area contributed by atoms with E-state index in [4.69, 9.17) is 0 Å². The van der Waals surface area contributed by atoms with E-state index in [2.05, 4.69) is 97.4 Å². The van der Waals surface area contributed by atoms with E-state index < -0.39 is 0 Å². The molecule has 1 aliphatic carbocycles. The Morgan fingerprint density at radius 1 is 0.523 bits per heavy atom. The standard InChI is InChI=1S/C41H70N2O/c1-3-5-7-9-11-13-15-17-19-21-23-25-27-29-31-33-37-42-39-35-36-40(38-39)43-41(44)34-32-30-28-26-24-22-20-18-16-14-12-10-8-6-4-2/h5-8,11-14,17-20,39-40,42H,3-4,9-10,15-16,21-38H2,1-2H3,(H,43,44). The number of carbonyl (C=O) groups excluding carboxylic acids is 1. The summed E-state index contributed by atoms with van der Waals surface area (Å²) in [5, 5.41) is 7.06. The summed E-state index contributed by atoms with van der Waals surface area (Å²) in [5.74, 6) is 0.264. The molecule has 0 heterocycles. The van der Waals surface area contributed by atoms with Gasteiger partial charge in [-0.05, 0) is 103 Å². The number of allylic oxidation sites excluding steroid dienone is 12. The average molecular weight is 607 g/mol. The number of hydrogen-bond donors (Lipinski definition) is 2. The van der Waals surface area contributed by atoms with Crippen LogP contribution in [0.3, 0.4) is 0 Å². The number of unbranched alkanes of at least 4 members (excludes halogenated alkanes) is 11. The predicted molar refractivity (Wildman–Crippen MR) is 196 cm³/mol. The maximum absolute atomic E-state index is 12.4. The first-order valence-electron chi connectivity index (χ1n) is 18.7. The van der Waals surface area contributed by atoms with Crippen LogP contribution >= 0.6 is 0 Å². The minimum atomic E-state index is 0.264. The van der Waals surface area contributed by atoms with E-state index in [9.17, 15) is 4.79 Å². The van der Waals surface area contributed by atoms with Crippen molar-refractivity contribution in [2.75, 3.05) is 6.54 Å². The molecule has 0 bridgehead atoms. The SMILES string of the molecule is CCC=CCC=CCC=CCCCCCCCCNC1CCC(NC(=O)CCCCCCCC=CCC=CCC=CCC)C1. The van der Waals surface area contributed by atoms with Crippen LogP contribution in [-0.4, -0.2) is 24.5 Å². The van der Waals surface area contributed by atoms with Gasteiger partial charge in [-0.25, -0.2) is 0 Å². The van der Waals surface area contributed by atoms with Crippen LogP contribution in [0, 0.1) is 0 Å². The van der Waals surface area contributed by atoms with Gasteiger partial charge < -0.3 is 10.6 Å². The Morgan fingerprint density at radius 3 is 1.50 bits per heavy atom. The van der Waals surface area contributed by atoms with Gasteiger partial charge in [0, 0.05) is 18.5 Å². The zero-order valence-corrected chi connectivity index (χ0v) is 29.0. The van der Waals surface area contributed by atoms with E-state index in [1.165, 1.54) is 83.5 Å². The topological polar surface area (TPSA) is 41.1 Å². The summed E-state index contributed by atoms with van der Waals surface area (Å²) in [6.07, 6.45) is 54.2. The van der Waals surface area contributed by atoms with Crippen LogP contribution < -0.4 is 10.6 Å². The molecule has 1 aliphatic rings. The Bertz CT molecular complexity index is 818. The van der Waals surface area contributed by atoms with E-state index in [0.29, 0.717) is 18.5 Å². The maximum Gasteiger partial charge on any atom is 0.220 e. The van der Waals surface area contributed by atoms with E-state index in [0.717, 1.165) is 64.3 Å². The highest BCUT2D eigenvalue weighted by molar-refractivity contribution is 5.76. The molecular formula is C41H70N2O. The van der Waals surface area contributed by atoms with Crippen molar-refractivity contribution in [1.82, 2.24) is 10.6 Å². The van der Waals surface area contributed by atoms with Gasteiger partial charge in [0.05, 0.1) is 0 Å². The van der Waals surface area contributed by atoms with Gasteiger partial charge in [-0.3, -0.25) is 4.79 Å². The molecule has 0 aromatic carbocycles. The first-order valence-corrected chi connectivity index (χ1v) is 18.7. The summed E-state index contributed by atoms with van der Waals surface area (Å²) in [6.45, 7) is 5.47. The lowest BCUT2D eigenvalue weighted by Gasteiger charge is -2.15. The monoisotopic (exact) mass is 607 g/mol. The van der Waals surface area contributed by atoms with Crippen LogP contribution in [-0.2, 0) is 4.79 Å². The van der Waals surface area contributed by atoms with E-state index in [-0.39, 0.29) is 5.91 Å². The lowest BCUT2D eigenvalue weighted by molar-refractivity contribution is -0.121. The van der Waals surface area contributed by atoms with Crippen molar-refractivity contribution in [3.8, 4) is 0 Å². The normalized spacial score (nSPS) is 17.7. The van der Waals surface area contributed by atoms with Gasteiger partial charge in [-0.15, -0.1) is 0 Å². The van der Waals surface area contributed by atoms with Crippen LogP contribution in [0.15, 0.2) is 72.9 Å². The van der Waals surface area contributed by atoms with Crippen molar-refractivity contribution >= 4 is 5.91 Å². The molecule has 2 unspecified atom stereocenters. The Hall–Kier alpha value is -2.13. The number of nitrogens with one attached hydrogen (secondary N) is 2. The minimum Gasteiger partial charge on any atom is -0.353 e. The van der Waals surface area contributed by atoms with Crippen molar-refractivity contribution < 1.29 is 4.79 Å². The number of amides is 1. The highest BCUT2D eigenvalue weighted by Gasteiger charge is 2.25. The van der Waals surface area contributed by atoms with Gasteiger partial charge in [-0.2, -0.15) is 0 Å². The summed E-state index contributed by atoms with van der Waals surface area (Å²) >= 11 is 0. The van der Waals surface area contributed by atoms with Crippen LogP contribution in [0.2, 0.25) is 0 Å². The van der Waals surface area contributed by atoms with Gasteiger partial charge in [0.2, 0.25) is 5.91 Å². The van der Waals surface area contributed by atoms with Gasteiger partial charge in [0.25, 0.3) is 0 Å². The lowest BCUT2D eigenvalue weighted by atomic mass is 10.1. The van der Waals surface area contributed by atoms with E-state index in [1.54, 1.807) is 0 Å². The van der Waals surface area contributed by atoms with Crippen LogP contribution in [0.5, 0.6) is 0 Å². The number of rotatable bonds is 29. The van der Waals surface area contributed by atoms with Crippen molar-refractivity contribution in [1.29, 1.82) is 0 Å². The molecule has 1 rings (SSSR count). The molecule has 3 heteroatoms. The molecule has 0 spiro atoms. The van der Waals surface area contributed by atoms with Crippen molar-refractivity contribution in [3.63, 3.8) is 0 Å². The molecule has 2 atom stereocenters. The molecule has 0 aromatic rings. The van der Waals surface area contributed by atoms with Crippen LogP contribution in [0.4, 0.5) is 0 Å². The largest absolute Gasteiger partial charge is 0.353 e. The molecule has 0 aromatic heterocycles. The van der Waals surface area contributed by atoms with Crippen molar-refractivity contribution in [2.24, 2.45) is 0 Å². The lowest BCUT2D eigenvalue weighted by Crippen LogP contribution is -2.35. The molecule has 3 nitrogen and oxygen atoms in total. The van der Waals surface area contributed by atoms with Gasteiger partial charge in [-0.1, -0.05) is 132 Å². The van der Waals surface area contributed by atoms with Crippen LogP contribution in [0.25, 0.3) is 0 Å². The molecule has 1 amide bonds. The zero-order valence-electron chi connectivity index (χ0n) is 29.0. The number of hydrogen-bond acceptors (Lipinski definition) is 2. The zero-order chi connectivity index (χ0) is 31.6. The van der Waals surface area contributed by atoms with Gasteiger partial charge >= 0.3 is 0 Å². The summed E-state index contributed by atoms with van der Waals surface area (Å²) < 4.78 is 0. The van der Waals surface area contributed by atoms with Crippen LogP contribution in [0.1, 0.15) is 162 Å². The highest BCUT2D eigenvalue weighted by Crippen LogP contribution is 2.20. The number of carbonyl (C=O) groups is 1. The fourth-order valence-electron chi connectivity index (χ4n) is 5.73. The smallest absolute Gasteiger partial charge is 0.220 e. The molecular weight excluding hydrogens is 536 g/mol. The molecule has 2 N–H and O–H groups in total. The fourth-order valence-corrected chi connectivity index (χ4v) is 5.73. The second kappa shape index (κ2) is 32.3. The fraction of sp³-hybridized carbons (Fsp3) is 0.683. The van der Waals surface area contributed by atoms with Crippen molar-refractivity contribution in [2.45, 2.75) is 174 Å². The molecule has 0 saturated heterocycles. The summed E-state index contributed by atoms with van der Waals surface area (Å²) in [7, 11) is 0. The second-order valence-corrected chi connectivity index (χ2v) is 12.5. The third-order valence-corrected chi connectivity index (χ3v) is 8.36. The third kappa shape index (κ3) is 27.4. The molecule has 250 valence electrons. The molecule has 0 aliphatic heterocycles. The van der Waals surface area contributed by atoms with E-state index >= 15 is 0 Å². The van der Waals surface area contributed by atoms with E-state index in [1.807, 2.05) is 0 Å². The highest BCUT2D eigenvalue weighted by atomic mass is 16.1. The molecule has 0 radical (unpaired) electrons. The first-order chi connectivity index (χ1) is 21.8. The Kier molecular flexibility index (Phi) is 29.3. The Labute approximate surface area is 273 Å².